The molecule has 2 aromatic rings. The molecule has 162 valence electrons. The highest BCUT2D eigenvalue weighted by molar-refractivity contribution is 7.07. The molecule has 3 heterocycles. The second kappa shape index (κ2) is 9.60. The van der Waals surface area contributed by atoms with Crippen LogP contribution in [0.2, 0.25) is 0 Å². The Kier molecular flexibility index (Phi) is 7.13. The summed E-state index contributed by atoms with van der Waals surface area (Å²) in [6, 6.07) is 1.92. The van der Waals surface area contributed by atoms with Crippen LogP contribution in [0.1, 0.15) is 72.9 Å². The van der Waals surface area contributed by atoms with E-state index in [4.69, 9.17) is 0 Å². The van der Waals surface area contributed by atoms with E-state index in [1.807, 2.05) is 37.6 Å². The summed E-state index contributed by atoms with van der Waals surface area (Å²) in [6.07, 6.45) is 5.72. The average molecular weight is 430 g/mol. The first kappa shape index (κ1) is 22.3. The second-order valence-corrected chi connectivity index (χ2v) is 9.42. The number of hydrogen-bond acceptors (Lipinski definition) is 4. The van der Waals surface area contributed by atoms with Gasteiger partial charge in [0.1, 0.15) is 11.1 Å². The van der Waals surface area contributed by atoms with Gasteiger partial charge in [0.25, 0.3) is 11.8 Å². The van der Waals surface area contributed by atoms with Gasteiger partial charge in [-0.25, -0.2) is 0 Å². The molecular formula is C23H31N3O3S. The van der Waals surface area contributed by atoms with E-state index in [9.17, 15) is 14.4 Å². The molecule has 0 aromatic carbocycles. The highest BCUT2D eigenvalue weighted by Gasteiger charge is 2.26. The topological polar surface area (TPSA) is 71.4 Å². The molecule has 1 N–H and O–H groups in total. The van der Waals surface area contributed by atoms with Crippen molar-refractivity contribution in [1.82, 2.24) is 14.8 Å². The predicted molar refractivity (Wildman–Crippen MR) is 120 cm³/mol. The average Bonchev–Trinajstić information content (AvgIpc) is 3.20. The molecule has 0 spiro atoms. The SMILES string of the molecule is CC1CCN(C(=O)c2cn(C(C)C)cc(C(=O)N[C@@H](C)Cc3ccsc3)c2=O)CC1. The Bertz CT molecular complexity index is 941. The summed E-state index contributed by atoms with van der Waals surface area (Å²) < 4.78 is 1.78. The fourth-order valence-corrected chi connectivity index (χ4v) is 4.39. The van der Waals surface area contributed by atoms with Crippen LogP contribution < -0.4 is 10.7 Å². The van der Waals surface area contributed by atoms with E-state index in [2.05, 4.69) is 12.2 Å². The van der Waals surface area contributed by atoms with Gasteiger partial charge in [-0.3, -0.25) is 14.4 Å². The molecule has 1 saturated heterocycles. The quantitative estimate of drug-likeness (QED) is 0.761. The van der Waals surface area contributed by atoms with E-state index in [0.29, 0.717) is 25.4 Å². The second-order valence-electron chi connectivity index (χ2n) is 8.64. The van der Waals surface area contributed by atoms with Crippen molar-refractivity contribution in [1.29, 1.82) is 0 Å². The standard InChI is InChI=1S/C23H31N3O3S/c1-15(2)26-12-19(22(28)24-17(4)11-18-7-10-30-14-18)21(27)20(13-26)23(29)25-8-5-16(3)6-9-25/h7,10,12-17H,5-6,8-9,11H2,1-4H3,(H,24,28)/t17-/m0/s1. The molecule has 1 atom stereocenters. The summed E-state index contributed by atoms with van der Waals surface area (Å²) in [6.45, 7) is 9.31. The maximum absolute atomic E-state index is 13.1. The minimum Gasteiger partial charge on any atom is -0.350 e. The first-order valence-corrected chi connectivity index (χ1v) is 11.6. The molecule has 2 amide bonds. The van der Waals surface area contributed by atoms with E-state index in [-0.39, 0.29) is 29.1 Å². The van der Waals surface area contributed by atoms with Gasteiger partial charge in [0.2, 0.25) is 5.43 Å². The van der Waals surface area contributed by atoms with E-state index >= 15 is 0 Å². The largest absolute Gasteiger partial charge is 0.350 e. The fourth-order valence-electron chi connectivity index (χ4n) is 3.71. The van der Waals surface area contributed by atoms with Gasteiger partial charge in [0, 0.05) is 37.6 Å². The molecule has 2 aromatic heterocycles. The van der Waals surface area contributed by atoms with Crippen LogP contribution in [0.4, 0.5) is 0 Å². The zero-order valence-corrected chi connectivity index (χ0v) is 19.0. The van der Waals surface area contributed by atoms with Crippen molar-refractivity contribution >= 4 is 23.2 Å². The molecular weight excluding hydrogens is 398 g/mol. The number of piperidine rings is 1. The number of amides is 2. The Labute approximate surface area is 181 Å². The lowest BCUT2D eigenvalue weighted by Gasteiger charge is -2.30. The highest BCUT2D eigenvalue weighted by Crippen LogP contribution is 2.18. The molecule has 0 aliphatic carbocycles. The van der Waals surface area contributed by atoms with Gasteiger partial charge in [-0.2, -0.15) is 11.3 Å². The summed E-state index contributed by atoms with van der Waals surface area (Å²) in [5.74, 6) is -0.121. The summed E-state index contributed by atoms with van der Waals surface area (Å²) in [5.41, 5.74) is 0.764. The third-order valence-corrected chi connectivity index (χ3v) is 6.42. The van der Waals surface area contributed by atoms with Gasteiger partial charge in [-0.05, 0) is 68.3 Å². The first-order valence-electron chi connectivity index (χ1n) is 10.6. The van der Waals surface area contributed by atoms with E-state index < -0.39 is 11.3 Å². The van der Waals surface area contributed by atoms with Crippen LogP contribution >= 0.6 is 11.3 Å². The monoisotopic (exact) mass is 429 g/mol. The summed E-state index contributed by atoms with van der Waals surface area (Å²) >= 11 is 1.61. The Morgan fingerprint density at radius 2 is 1.83 bits per heavy atom. The Morgan fingerprint density at radius 1 is 1.17 bits per heavy atom. The Balaban J connectivity index is 1.85. The molecule has 3 rings (SSSR count). The van der Waals surface area contributed by atoms with Gasteiger partial charge in [0.15, 0.2) is 0 Å². The lowest BCUT2D eigenvalue weighted by atomic mass is 9.98. The zero-order valence-electron chi connectivity index (χ0n) is 18.2. The van der Waals surface area contributed by atoms with Crippen LogP contribution in [0.15, 0.2) is 34.0 Å². The molecule has 1 fully saturated rings. The van der Waals surface area contributed by atoms with E-state index in [1.165, 1.54) is 0 Å². The van der Waals surface area contributed by atoms with Crippen LogP contribution in [0.5, 0.6) is 0 Å². The van der Waals surface area contributed by atoms with Crippen LogP contribution in [0.3, 0.4) is 0 Å². The predicted octanol–water partition coefficient (Wildman–Crippen LogP) is 3.72. The Morgan fingerprint density at radius 3 is 2.43 bits per heavy atom. The smallest absolute Gasteiger partial charge is 0.259 e. The van der Waals surface area contributed by atoms with Crippen molar-refractivity contribution in [2.24, 2.45) is 5.92 Å². The lowest BCUT2D eigenvalue weighted by molar-refractivity contribution is 0.0695. The highest BCUT2D eigenvalue weighted by atomic mass is 32.1. The van der Waals surface area contributed by atoms with Crippen molar-refractivity contribution in [3.63, 3.8) is 0 Å². The number of nitrogens with one attached hydrogen (secondary N) is 1. The minimum absolute atomic E-state index is 0.0216. The third-order valence-electron chi connectivity index (χ3n) is 5.69. The molecule has 0 bridgehead atoms. The van der Waals surface area contributed by atoms with Crippen molar-refractivity contribution in [2.75, 3.05) is 13.1 Å². The maximum atomic E-state index is 13.1. The number of thiophene rings is 1. The van der Waals surface area contributed by atoms with Crippen LogP contribution in [-0.2, 0) is 6.42 Å². The molecule has 7 heteroatoms. The van der Waals surface area contributed by atoms with Crippen molar-refractivity contribution < 1.29 is 9.59 Å². The van der Waals surface area contributed by atoms with Gasteiger partial charge < -0.3 is 14.8 Å². The summed E-state index contributed by atoms with van der Waals surface area (Å²) in [7, 11) is 0. The normalized spacial score (nSPS) is 16.0. The molecule has 1 aliphatic rings. The Hall–Kier alpha value is -2.41. The number of pyridine rings is 1. The third kappa shape index (κ3) is 5.19. The maximum Gasteiger partial charge on any atom is 0.259 e. The van der Waals surface area contributed by atoms with Crippen LogP contribution in [0, 0.1) is 5.92 Å². The van der Waals surface area contributed by atoms with Gasteiger partial charge in [-0.1, -0.05) is 6.92 Å². The minimum atomic E-state index is -0.490. The van der Waals surface area contributed by atoms with E-state index in [1.54, 1.807) is 33.2 Å². The summed E-state index contributed by atoms with van der Waals surface area (Å²) in [4.78, 5) is 40.9. The summed E-state index contributed by atoms with van der Waals surface area (Å²) in [5, 5.41) is 6.97. The van der Waals surface area contributed by atoms with Gasteiger partial charge >= 0.3 is 0 Å². The van der Waals surface area contributed by atoms with Gasteiger partial charge in [-0.15, -0.1) is 0 Å². The van der Waals surface area contributed by atoms with Crippen molar-refractivity contribution in [2.45, 2.75) is 59.0 Å². The molecule has 30 heavy (non-hydrogen) atoms. The van der Waals surface area contributed by atoms with Gasteiger partial charge in [0.05, 0.1) is 0 Å². The van der Waals surface area contributed by atoms with E-state index in [0.717, 1.165) is 18.4 Å². The number of nitrogens with zero attached hydrogens (tertiary/aromatic N) is 2. The first-order chi connectivity index (χ1) is 14.3. The fraction of sp³-hybridized carbons (Fsp3) is 0.522. The molecule has 0 radical (unpaired) electrons. The number of rotatable bonds is 6. The number of aromatic nitrogens is 1. The van der Waals surface area contributed by atoms with Crippen LogP contribution in [0.25, 0.3) is 0 Å². The van der Waals surface area contributed by atoms with Crippen LogP contribution in [-0.4, -0.2) is 40.4 Å². The van der Waals surface area contributed by atoms with Crippen molar-refractivity contribution in [3.05, 3.63) is 56.1 Å². The lowest BCUT2D eigenvalue weighted by Crippen LogP contribution is -2.42. The van der Waals surface area contributed by atoms with Crippen molar-refractivity contribution in [3.8, 4) is 0 Å². The molecule has 0 saturated carbocycles. The number of hydrogen-bond donors (Lipinski definition) is 1. The number of carbonyl (C=O) groups is 2. The molecule has 6 nitrogen and oxygen atoms in total. The zero-order chi connectivity index (χ0) is 21.8. The number of carbonyl (C=O) groups excluding carboxylic acids is 2. The molecule has 1 aliphatic heterocycles. The number of likely N-dealkylation sites (tertiary alicyclic amines) is 1. The molecule has 0 unspecified atom stereocenters.